The van der Waals surface area contributed by atoms with Gasteiger partial charge in [0.25, 0.3) is 0 Å². The van der Waals surface area contributed by atoms with Crippen LogP contribution in [0.1, 0.15) is 24.2 Å². The summed E-state index contributed by atoms with van der Waals surface area (Å²) in [5.41, 5.74) is 3.48. The Morgan fingerprint density at radius 2 is 2.05 bits per heavy atom. The van der Waals surface area contributed by atoms with Crippen molar-refractivity contribution in [2.75, 3.05) is 26.9 Å². The van der Waals surface area contributed by atoms with Crippen molar-refractivity contribution < 1.29 is 9.47 Å². The van der Waals surface area contributed by atoms with Crippen molar-refractivity contribution in [1.82, 2.24) is 9.55 Å². The lowest BCUT2D eigenvalue weighted by Gasteiger charge is -2.09. The number of ether oxygens (including phenoxy) is 2. The number of imidazole rings is 1. The molecular formula is C16H23ClN2O2. The fraction of sp³-hybridized carbons (Fsp3) is 0.562. The second-order valence-corrected chi connectivity index (χ2v) is 5.34. The number of halogens is 1. The number of aryl methyl sites for hydroxylation is 2. The number of fused-ring (bicyclic) bond motifs is 1. The Hall–Kier alpha value is -1.10. The fourth-order valence-corrected chi connectivity index (χ4v) is 2.68. The topological polar surface area (TPSA) is 36.3 Å². The van der Waals surface area contributed by atoms with Crippen LogP contribution in [-0.2, 0) is 21.9 Å². The Bertz CT molecular complexity index is 569. The largest absolute Gasteiger partial charge is 0.382 e. The molecule has 0 radical (unpaired) electrons. The van der Waals surface area contributed by atoms with Crippen molar-refractivity contribution in [3.63, 3.8) is 0 Å². The molecule has 0 bridgehead atoms. The van der Waals surface area contributed by atoms with Gasteiger partial charge in [0.2, 0.25) is 0 Å². The standard InChI is InChI=1S/C16H23ClN2O2/c1-13-6-5-7-14-16(13)19(15(12-17)18-14)8-3-4-9-21-11-10-20-2/h5-7H,3-4,8-12H2,1-2H3. The number of benzene rings is 1. The molecule has 5 heteroatoms. The van der Waals surface area contributed by atoms with Gasteiger partial charge in [-0.25, -0.2) is 4.98 Å². The van der Waals surface area contributed by atoms with E-state index in [1.807, 2.05) is 12.1 Å². The first-order valence-corrected chi connectivity index (χ1v) is 7.88. The quantitative estimate of drug-likeness (QED) is 0.525. The Balaban J connectivity index is 1.94. The average molecular weight is 311 g/mol. The van der Waals surface area contributed by atoms with Gasteiger partial charge in [-0.2, -0.15) is 0 Å². The van der Waals surface area contributed by atoms with Crippen molar-refractivity contribution in [2.24, 2.45) is 0 Å². The van der Waals surface area contributed by atoms with Gasteiger partial charge >= 0.3 is 0 Å². The maximum Gasteiger partial charge on any atom is 0.124 e. The molecule has 0 atom stereocenters. The highest BCUT2D eigenvalue weighted by atomic mass is 35.5. The molecule has 0 amide bonds. The van der Waals surface area contributed by atoms with E-state index in [0.29, 0.717) is 19.1 Å². The molecule has 0 fully saturated rings. The molecule has 1 aromatic carbocycles. The molecule has 2 rings (SSSR count). The SMILES string of the molecule is COCCOCCCCn1c(CCl)nc2cccc(C)c21. The monoisotopic (exact) mass is 310 g/mol. The number of aromatic nitrogens is 2. The second-order valence-electron chi connectivity index (χ2n) is 5.07. The number of hydrogen-bond donors (Lipinski definition) is 0. The van der Waals surface area contributed by atoms with Crippen molar-refractivity contribution in [2.45, 2.75) is 32.2 Å². The summed E-state index contributed by atoms with van der Waals surface area (Å²) in [6.45, 7) is 5.13. The number of methoxy groups -OCH3 is 1. The summed E-state index contributed by atoms with van der Waals surface area (Å²) < 4.78 is 12.7. The highest BCUT2D eigenvalue weighted by molar-refractivity contribution is 6.16. The minimum Gasteiger partial charge on any atom is -0.382 e. The molecule has 0 N–H and O–H groups in total. The van der Waals surface area contributed by atoms with Gasteiger partial charge in [-0.15, -0.1) is 11.6 Å². The number of rotatable bonds is 9. The number of para-hydroxylation sites is 1. The van der Waals surface area contributed by atoms with Gasteiger partial charge in [0, 0.05) is 20.3 Å². The van der Waals surface area contributed by atoms with Crippen LogP contribution in [0, 0.1) is 6.92 Å². The molecule has 116 valence electrons. The van der Waals surface area contributed by atoms with E-state index >= 15 is 0 Å². The summed E-state index contributed by atoms with van der Waals surface area (Å²) in [5.74, 6) is 1.39. The molecule has 0 aliphatic carbocycles. The summed E-state index contributed by atoms with van der Waals surface area (Å²) >= 11 is 6.03. The van der Waals surface area contributed by atoms with Gasteiger partial charge in [0.15, 0.2) is 0 Å². The van der Waals surface area contributed by atoms with E-state index in [2.05, 4.69) is 22.5 Å². The number of unbranched alkanes of at least 4 members (excludes halogenated alkanes) is 1. The first kappa shape index (κ1) is 16.3. The number of alkyl halides is 1. The number of nitrogens with zero attached hydrogens (tertiary/aromatic N) is 2. The van der Waals surface area contributed by atoms with Crippen LogP contribution < -0.4 is 0 Å². The van der Waals surface area contributed by atoms with Crippen LogP contribution in [0.2, 0.25) is 0 Å². The predicted octanol–water partition coefficient (Wildman–Crippen LogP) is 3.53. The van der Waals surface area contributed by atoms with E-state index < -0.39 is 0 Å². The highest BCUT2D eigenvalue weighted by Gasteiger charge is 2.11. The highest BCUT2D eigenvalue weighted by Crippen LogP contribution is 2.21. The zero-order chi connectivity index (χ0) is 15.1. The van der Waals surface area contributed by atoms with Gasteiger partial charge in [0.1, 0.15) is 5.82 Å². The lowest BCUT2D eigenvalue weighted by molar-refractivity contribution is 0.0684. The molecule has 0 saturated carbocycles. The molecular weight excluding hydrogens is 288 g/mol. The van der Waals surface area contributed by atoms with Gasteiger partial charge < -0.3 is 14.0 Å². The molecule has 0 spiro atoms. The van der Waals surface area contributed by atoms with E-state index in [-0.39, 0.29) is 0 Å². The van der Waals surface area contributed by atoms with Crippen molar-refractivity contribution >= 4 is 22.6 Å². The zero-order valence-corrected chi connectivity index (χ0v) is 13.5. The maximum atomic E-state index is 6.03. The molecule has 0 aliphatic rings. The van der Waals surface area contributed by atoms with Crippen LogP contribution >= 0.6 is 11.6 Å². The lowest BCUT2D eigenvalue weighted by Crippen LogP contribution is -2.06. The Morgan fingerprint density at radius 1 is 1.19 bits per heavy atom. The first-order chi connectivity index (χ1) is 10.3. The Morgan fingerprint density at radius 3 is 2.81 bits per heavy atom. The normalized spacial score (nSPS) is 11.4. The van der Waals surface area contributed by atoms with Gasteiger partial charge in [-0.3, -0.25) is 0 Å². The molecule has 0 saturated heterocycles. The smallest absolute Gasteiger partial charge is 0.124 e. The van der Waals surface area contributed by atoms with Crippen LogP contribution in [-0.4, -0.2) is 36.5 Å². The van der Waals surface area contributed by atoms with E-state index in [0.717, 1.165) is 37.3 Å². The lowest BCUT2D eigenvalue weighted by atomic mass is 10.2. The minimum absolute atomic E-state index is 0.443. The molecule has 0 unspecified atom stereocenters. The maximum absolute atomic E-state index is 6.03. The Labute approximate surface area is 131 Å². The molecule has 1 heterocycles. The van der Waals surface area contributed by atoms with E-state index in [4.69, 9.17) is 21.1 Å². The molecule has 0 aliphatic heterocycles. The molecule has 4 nitrogen and oxygen atoms in total. The van der Waals surface area contributed by atoms with Crippen LogP contribution in [0.25, 0.3) is 11.0 Å². The fourth-order valence-electron chi connectivity index (χ4n) is 2.47. The second kappa shape index (κ2) is 8.37. The van der Waals surface area contributed by atoms with Crippen LogP contribution in [0.3, 0.4) is 0 Å². The summed E-state index contributed by atoms with van der Waals surface area (Å²) in [6.07, 6.45) is 2.08. The third-order valence-corrected chi connectivity index (χ3v) is 3.76. The zero-order valence-electron chi connectivity index (χ0n) is 12.8. The van der Waals surface area contributed by atoms with Crippen LogP contribution in [0.5, 0.6) is 0 Å². The third kappa shape index (κ3) is 4.19. The van der Waals surface area contributed by atoms with E-state index in [1.54, 1.807) is 7.11 Å². The minimum atomic E-state index is 0.443. The average Bonchev–Trinajstić information content (AvgIpc) is 2.85. The van der Waals surface area contributed by atoms with E-state index in [9.17, 15) is 0 Å². The summed E-state index contributed by atoms with van der Waals surface area (Å²) in [7, 11) is 1.68. The first-order valence-electron chi connectivity index (χ1n) is 7.35. The Kier molecular flexibility index (Phi) is 6.49. The van der Waals surface area contributed by atoms with Crippen molar-refractivity contribution in [3.05, 3.63) is 29.6 Å². The van der Waals surface area contributed by atoms with Gasteiger partial charge in [-0.1, -0.05) is 12.1 Å². The predicted molar refractivity (Wildman–Crippen MR) is 86.0 cm³/mol. The van der Waals surface area contributed by atoms with Gasteiger partial charge in [-0.05, 0) is 31.4 Å². The summed E-state index contributed by atoms with van der Waals surface area (Å²) in [4.78, 5) is 4.61. The third-order valence-electron chi connectivity index (χ3n) is 3.52. The summed E-state index contributed by atoms with van der Waals surface area (Å²) in [5, 5.41) is 0. The van der Waals surface area contributed by atoms with Crippen LogP contribution in [0.4, 0.5) is 0 Å². The summed E-state index contributed by atoms with van der Waals surface area (Å²) in [6, 6.07) is 6.20. The molecule has 1 aromatic heterocycles. The van der Waals surface area contributed by atoms with Crippen molar-refractivity contribution in [1.29, 1.82) is 0 Å². The number of hydrogen-bond acceptors (Lipinski definition) is 3. The molecule has 2 aromatic rings. The molecule has 21 heavy (non-hydrogen) atoms. The van der Waals surface area contributed by atoms with E-state index in [1.165, 1.54) is 11.1 Å². The van der Waals surface area contributed by atoms with Crippen molar-refractivity contribution in [3.8, 4) is 0 Å². The van der Waals surface area contributed by atoms with Crippen LogP contribution in [0.15, 0.2) is 18.2 Å². The van der Waals surface area contributed by atoms with Gasteiger partial charge in [0.05, 0.1) is 30.1 Å².